The molecular formula is C31H30N2O4. The van der Waals surface area contributed by atoms with E-state index in [1.54, 1.807) is 12.1 Å². The van der Waals surface area contributed by atoms with Gasteiger partial charge >= 0.3 is 5.97 Å². The molecule has 37 heavy (non-hydrogen) atoms. The van der Waals surface area contributed by atoms with Gasteiger partial charge in [0.2, 0.25) is 0 Å². The van der Waals surface area contributed by atoms with Gasteiger partial charge in [-0.25, -0.2) is 0 Å². The monoisotopic (exact) mass is 494 g/mol. The van der Waals surface area contributed by atoms with Crippen LogP contribution in [0.3, 0.4) is 0 Å². The van der Waals surface area contributed by atoms with Gasteiger partial charge in [-0.2, -0.15) is 5.26 Å². The summed E-state index contributed by atoms with van der Waals surface area (Å²) in [5.41, 5.74) is 4.62. The van der Waals surface area contributed by atoms with Crippen LogP contribution in [0, 0.1) is 23.2 Å². The molecule has 2 bridgehead atoms. The minimum Gasteiger partial charge on any atom is -0.489 e. The van der Waals surface area contributed by atoms with Crippen LogP contribution in [0.25, 0.3) is 0 Å². The van der Waals surface area contributed by atoms with Gasteiger partial charge < -0.3 is 15.2 Å². The summed E-state index contributed by atoms with van der Waals surface area (Å²) in [5.74, 6) is 0.910. The molecule has 3 unspecified atom stereocenters. The fourth-order valence-corrected chi connectivity index (χ4v) is 6.20. The SMILES string of the molecule is N#Cc1ccc(COc2ccc(C3(c4ccc(C(=O)NCCC(=O)O)cc4)CC4CCC3C4)cc2)cc1. The maximum absolute atomic E-state index is 12.4. The van der Waals surface area contributed by atoms with Crippen molar-refractivity contribution in [2.45, 2.75) is 44.1 Å². The van der Waals surface area contributed by atoms with Crippen LogP contribution in [0.1, 0.15) is 64.7 Å². The Hall–Kier alpha value is -4.11. The molecule has 6 heteroatoms. The summed E-state index contributed by atoms with van der Waals surface area (Å²) in [7, 11) is 0. The molecule has 0 spiro atoms. The van der Waals surface area contributed by atoms with Gasteiger partial charge in [-0.3, -0.25) is 9.59 Å². The highest BCUT2D eigenvalue weighted by atomic mass is 16.5. The zero-order chi connectivity index (χ0) is 25.8. The van der Waals surface area contributed by atoms with Crippen molar-refractivity contribution in [1.29, 1.82) is 5.26 Å². The summed E-state index contributed by atoms with van der Waals surface area (Å²) in [6.45, 7) is 0.556. The largest absolute Gasteiger partial charge is 0.489 e. The summed E-state index contributed by atoms with van der Waals surface area (Å²) in [6, 6.07) is 25.8. The first-order valence-corrected chi connectivity index (χ1v) is 12.8. The third-order valence-corrected chi connectivity index (χ3v) is 7.99. The number of hydrogen-bond donors (Lipinski definition) is 2. The molecule has 0 radical (unpaired) electrons. The van der Waals surface area contributed by atoms with Crippen molar-refractivity contribution in [1.82, 2.24) is 5.32 Å². The van der Waals surface area contributed by atoms with Crippen LogP contribution in [-0.2, 0) is 16.8 Å². The minimum atomic E-state index is -0.931. The number of hydrogen-bond acceptors (Lipinski definition) is 4. The third kappa shape index (κ3) is 5.08. The maximum atomic E-state index is 12.4. The first-order chi connectivity index (χ1) is 18.0. The fourth-order valence-electron chi connectivity index (χ4n) is 6.20. The summed E-state index contributed by atoms with van der Waals surface area (Å²) in [6.07, 6.45) is 4.73. The van der Waals surface area contributed by atoms with Gasteiger partial charge in [0.15, 0.2) is 0 Å². The zero-order valence-corrected chi connectivity index (χ0v) is 20.7. The van der Waals surface area contributed by atoms with Crippen molar-refractivity contribution in [2.75, 3.05) is 6.54 Å². The molecule has 0 saturated heterocycles. The van der Waals surface area contributed by atoms with Crippen molar-refractivity contribution in [3.63, 3.8) is 0 Å². The Balaban J connectivity index is 1.33. The molecule has 2 fully saturated rings. The van der Waals surface area contributed by atoms with Crippen molar-refractivity contribution in [3.05, 3.63) is 101 Å². The highest BCUT2D eigenvalue weighted by Crippen LogP contribution is 2.60. The molecule has 1 amide bonds. The Bertz CT molecular complexity index is 1310. The summed E-state index contributed by atoms with van der Waals surface area (Å²) < 4.78 is 6.01. The Kier molecular flexibility index (Phi) is 6.96. The molecule has 5 rings (SSSR count). The van der Waals surface area contributed by atoms with Gasteiger partial charge in [0, 0.05) is 17.5 Å². The van der Waals surface area contributed by atoms with Crippen LogP contribution < -0.4 is 10.1 Å². The highest BCUT2D eigenvalue weighted by molar-refractivity contribution is 5.94. The molecule has 188 valence electrons. The molecule has 0 heterocycles. The predicted molar refractivity (Wildman–Crippen MR) is 139 cm³/mol. The molecule has 0 aromatic heterocycles. The van der Waals surface area contributed by atoms with E-state index in [2.05, 4.69) is 35.7 Å². The summed E-state index contributed by atoms with van der Waals surface area (Å²) >= 11 is 0. The van der Waals surface area contributed by atoms with Gasteiger partial charge in [-0.15, -0.1) is 0 Å². The lowest BCUT2D eigenvalue weighted by Gasteiger charge is -2.39. The second-order valence-electron chi connectivity index (χ2n) is 10.2. The van der Waals surface area contributed by atoms with Crippen LogP contribution in [0.2, 0.25) is 0 Å². The maximum Gasteiger partial charge on any atom is 0.305 e. The number of nitrogens with zero attached hydrogens (tertiary/aromatic N) is 1. The van der Waals surface area contributed by atoms with E-state index in [4.69, 9.17) is 15.1 Å². The quantitative estimate of drug-likeness (QED) is 0.412. The van der Waals surface area contributed by atoms with E-state index < -0.39 is 5.97 Å². The number of carbonyl (C=O) groups is 2. The van der Waals surface area contributed by atoms with Gasteiger partial charge in [0.1, 0.15) is 12.4 Å². The number of amides is 1. The first kappa shape index (κ1) is 24.6. The van der Waals surface area contributed by atoms with E-state index in [1.807, 2.05) is 36.4 Å². The van der Waals surface area contributed by atoms with Crippen LogP contribution in [0.4, 0.5) is 0 Å². The average Bonchev–Trinajstić information content (AvgIpc) is 3.55. The number of nitriles is 1. The Morgan fingerprint density at radius 3 is 2.22 bits per heavy atom. The normalized spacial score (nSPS) is 21.8. The lowest BCUT2D eigenvalue weighted by atomic mass is 9.64. The fraction of sp³-hybridized carbons (Fsp3) is 0.323. The van der Waals surface area contributed by atoms with E-state index in [9.17, 15) is 9.59 Å². The third-order valence-electron chi connectivity index (χ3n) is 7.99. The number of carboxylic acid groups (broad SMARTS) is 1. The molecule has 6 nitrogen and oxygen atoms in total. The Morgan fingerprint density at radius 1 is 0.973 bits per heavy atom. The molecular weight excluding hydrogens is 464 g/mol. The average molecular weight is 495 g/mol. The molecule has 2 saturated carbocycles. The zero-order valence-electron chi connectivity index (χ0n) is 20.7. The standard InChI is InChI=1S/C31H30N2O4/c32-19-21-1-3-22(4-2-21)20-37-28-13-11-26(12-14-28)31(18-23-5-8-27(31)17-23)25-9-6-24(7-10-25)30(36)33-16-15-29(34)35/h1-4,6-7,9-14,23,27H,5,8,15-18,20H2,(H,33,36)(H,34,35). The second-order valence-corrected chi connectivity index (χ2v) is 10.2. The number of fused-ring (bicyclic) bond motifs is 2. The van der Waals surface area contributed by atoms with Crippen molar-refractivity contribution < 1.29 is 19.4 Å². The van der Waals surface area contributed by atoms with Gasteiger partial charge in [0.25, 0.3) is 5.91 Å². The van der Waals surface area contributed by atoms with Crippen molar-refractivity contribution in [3.8, 4) is 11.8 Å². The minimum absolute atomic E-state index is 0.0765. The molecule has 3 atom stereocenters. The molecule has 2 aliphatic carbocycles. The van der Waals surface area contributed by atoms with Gasteiger partial charge in [-0.1, -0.05) is 42.8 Å². The van der Waals surface area contributed by atoms with Crippen LogP contribution in [0.15, 0.2) is 72.8 Å². The lowest BCUT2D eigenvalue weighted by molar-refractivity contribution is -0.136. The van der Waals surface area contributed by atoms with Crippen molar-refractivity contribution in [2.24, 2.45) is 11.8 Å². The molecule has 3 aromatic carbocycles. The van der Waals surface area contributed by atoms with E-state index in [-0.39, 0.29) is 24.3 Å². The van der Waals surface area contributed by atoms with Crippen LogP contribution in [0.5, 0.6) is 5.75 Å². The topological polar surface area (TPSA) is 99.4 Å². The summed E-state index contributed by atoms with van der Waals surface area (Å²) in [4.78, 5) is 23.2. The Morgan fingerprint density at radius 2 is 1.65 bits per heavy atom. The second kappa shape index (κ2) is 10.5. The van der Waals surface area contributed by atoms with Crippen molar-refractivity contribution >= 4 is 11.9 Å². The molecule has 2 N–H and O–H groups in total. The first-order valence-electron chi connectivity index (χ1n) is 12.8. The lowest BCUT2D eigenvalue weighted by Crippen LogP contribution is -2.34. The van der Waals surface area contributed by atoms with E-state index in [0.29, 0.717) is 23.7 Å². The van der Waals surface area contributed by atoms with Gasteiger partial charge in [0.05, 0.1) is 18.1 Å². The highest BCUT2D eigenvalue weighted by Gasteiger charge is 2.52. The van der Waals surface area contributed by atoms with E-state index in [0.717, 1.165) is 23.7 Å². The number of ether oxygens (including phenoxy) is 1. The number of carboxylic acids is 1. The summed E-state index contributed by atoms with van der Waals surface area (Å²) in [5, 5.41) is 20.4. The van der Waals surface area contributed by atoms with E-state index >= 15 is 0 Å². The number of rotatable bonds is 9. The Labute approximate surface area is 216 Å². The number of benzene rings is 3. The number of nitrogens with one attached hydrogen (secondary N) is 1. The van der Waals surface area contributed by atoms with Gasteiger partial charge in [-0.05, 0) is 84.2 Å². The van der Waals surface area contributed by atoms with Crippen LogP contribution in [-0.4, -0.2) is 23.5 Å². The molecule has 3 aromatic rings. The number of aliphatic carboxylic acids is 1. The van der Waals surface area contributed by atoms with Crippen LogP contribution >= 0.6 is 0 Å². The van der Waals surface area contributed by atoms with E-state index in [1.165, 1.54) is 30.4 Å². The smallest absolute Gasteiger partial charge is 0.305 e. The number of carbonyl (C=O) groups excluding carboxylic acids is 1. The molecule has 2 aliphatic rings. The predicted octanol–water partition coefficient (Wildman–Crippen LogP) is 5.45. The molecule has 0 aliphatic heterocycles.